The predicted octanol–water partition coefficient (Wildman–Crippen LogP) is 4.59. The predicted molar refractivity (Wildman–Crippen MR) is 113 cm³/mol. The van der Waals surface area contributed by atoms with Gasteiger partial charge < -0.3 is 16.0 Å². The molecule has 2 amide bonds. The fourth-order valence-corrected chi connectivity index (χ4v) is 3.17. The summed E-state index contributed by atoms with van der Waals surface area (Å²) in [7, 11) is 0. The van der Waals surface area contributed by atoms with E-state index in [1.807, 2.05) is 6.07 Å². The first-order valence-corrected chi connectivity index (χ1v) is 9.67. The van der Waals surface area contributed by atoms with Crippen LogP contribution in [0.25, 0.3) is 0 Å². The number of pyridine rings is 1. The second kappa shape index (κ2) is 9.69. The zero-order valence-electron chi connectivity index (χ0n) is 16.1. The second-order valence-corrected chi connectivity index (χ2v) is 6.93. The molecule has 1 heterocycles. The number of carbonyl (C=O) groups excluding carboxylic acids is 2. The van der Waals surface area contributed by atoms with Gasteiger partial charge in [-0.25, -0.2) is 4.98 Å². The number of nitrogens with zero attached hydrogens (tertiary/aromatic N) is 1. The minimum Gasteiger partial charge on any atom is -0.383 e. The van der Waals surface area contributed by atoms with E-state index in [0.717, 1.165) is 18.7 Å². The molecule has 6 heteroatoms. The number of allylic oxidation sites excluding steroid dienone is 1. The summed E-state index contributed by atoms with van der Waals surface area (Å²) in [6.45, 7) is 2.33. The Kier molecular flexibility index (Phi) is 6.78. The largest absolute Gasteiger partial charge is 0.383 e. The van der Waals surface area contributed by atoms with Crippen molar-refractivity contribution in [3.8, 4) is 0 Å². The molecular formula is C22H26N4O2. The van der Waals surface area contributed by atoms with E-state index < -0.39 is 0 Å². The normalized spacial score (nSPS) is 13.4. The average molecular weight is 378 g/mol. The molecule has 0 bridgehead atoms. The number of anilines is 3. The molecule has 0 saturated carbocycles. The zero-order chi connectivity index (χ0) is 19.8. The summed E-state index contributed by atoms with van der Waals surface area (Å²) in [5.41, 5.74) is 4.12. The van der Waals surface area contributed by atoms with Gasteiger partial charge >= 0.3 is 0 Å². The quantitative estimate of drug-likeness (QED) is 0.615. The first-order valence-electron chi connectivity index (χ1n) is 9.67. The Balaban J connectivity index is 1.49. The van der Waals surface area contributed by atoms with E-state index in [-0.39, 0.29) is 11.8 Å². The highest BCUT2D eigenvalue weighted by molar-refractivity contribution is 6.03. The third kappa shape index (κ3) is 5.94. The fourth-order valence-electron chi connectivity index (χ4n) is 3.17. The molecule has 0 atom stereocenters. The van der Waals surface area contributed by atoms with Crippen LogP contribution in [0.3, 0.4) is 0 Å². The maximum atomic E-state index is 12.3. The van der Waals surface area contributed by atoms with E-state index in [4.69, 9.17) is 0 Å². The van der Waals surface area contributed by atoms with Gasteiger partial charge in [-0.3, -0.25) is 9.59 Å². The van der Waals surface area contributed by atoms with E-state index in [0.29, 0.717) is 17.1 Å². The number of carbonyl (C=O) groups is 2. The summed E-state index contributed by atoms with van der Waals surface area (Å²) >= 11 is 0. The lowest BCUT2D eigenvalue weighted by atomic mass is 9.97. The first kappa shape index (κ1) is 19.6. The van der Waals surface area contributed by atoms with Gasteiger partial charge in [0.2, 0.25) is 5.91 Å². The summed E-state index contributed by atoms with van der Waals surface area (Å²) < 4.78 is 0. The third-order valence-electron chi connectivity index (χ3n) is 4.62. The Morgan fingerprint density at radius 3 is 2.29 bits per heavy atom. The van der Waals surface area contributed by atoms with Crippen LogP contribution in [0.5, 0.6) is 0 Å². The number of hydrogen-bond acceptors (Lipinski definition) is 4. The van der Waals surface area contributed by atoms with Gasteiger partial charge in [0.05, 0.1) is 11.9 Å². The van der Waals surface area contributed by atoms with Crippen LogP contribution in [0.2, 0.25) is 0 Å². The standard InChI is InChI=1S/C22H26N4O2/c1-16(27)25-18-7-9-19(10-8-18)26-22(28)21-12-11-20(15-24-21)23-14-13-17-5-3-2-4-6-17/h5,7-12,15,23H,2-4,6,13-14H2,1H3,(H,25,27)(H,26,28). The van der Waals surface area contributed by atoms with Crippen LogP contribution in [0.15, 0.2) is 54.2 Å². The van der Waals surface area contributed by atoms with Gasteiger partial charge in [0.15, 0.2) is 0 Å². The molecule has 3 N–H and O–H groups in total. The second-order valence-electron chi connectivity index (χ2n) is 6.93. The summed E-state index contributed by atoms with van der Waals surface area (Å²) in [4.78, 5) is 27.6. The van der Waals surface area contributed by atoms with Gasteiger partial charge in [0.25, 0.3) is 5.91 Å². The molecule has 2 aromatic rings. The highest BCUT2D eigenvalue weighted by Crippen LogP contribution is 2.20. The number of benzene rings is 1. The van der Waals surface area contributed by atoms with Gasteiger partial charge in [-0.1, -0.05) is 11.6 Å². The Bertz CT molecular complexity index is 842. The van der Waals surface area contributed by atoms with Crippen LogP contribution in [0.1, 0.15) is 49.5 Å². The molecule has 3 rings (SSSR count). The monoisotopic (exact) mass is 378 g/mol. The van der Waals surface area contributed by atoms with Crippen molar-refractivity contribution in [2.45, 2.75) is 39.0 Å². The van der Waals surface area contributed by atoms with Crippen LogP contribution < -0.4 is 16.0 Å². The lowest BCUT2D eigenvalue weighted by Gasteiger charge is -2.13. The van der Waals surface area contributed by atoms with Crippen LogP contribution in [0.4, 0.5) is 17.1 Å². The average Bonchev–Trinajstić information content (AvgIpc) is 2.70. The molecule has 6 nitrogen and oxygen atoms in total. The van der Waals surface area contributed by atoms with Gasteiger partial charge in [0, 0.05) is 24.8 Å². The van der Waals surface area contributed by atoms with Crippen molar-refractivity contribution in [2.24, 2.45) is 0 Å². The molecule has 146 valence electrons. The van der Waals surface area contributed by atoms with Gasteiger partial charge in [0.1, 0.15) is 5.69 Å². The van der Waals surface area contributed by atoms with Crippen LogP contribution >= 0.6 is 0 Å². The number of nitrogens with one attached hydrogen (secondary N) is 3. The molecule has 0 unspecified atom stereocenters. The molecule has 1 aliphatic carbocycles. The van der Waals surface area contributed by atoms with Crippen molar-refractivity contribution < 1.29 is 9.59 Å². The van der Waals surface area contributed by atoms with Gasteiger partial charge in [-0.2, -0.15) is 0 Å². The van der Waals surface area contributed by atoms with E-state index in [1.165, 1.54) is 38.2 Å². The molecule has 0 radical (unpaired) electrons. The Morgan fingerprint density at radius 1 is 0.964 bits per heavy atom. The number of hydrogen-bond donors (Lipinski definition) is 3. The Labute approximate surface area is 165 Å². The molecule has 1 aromatic carbocycles. The smallest absolute Gasteiger partial charge is 0.274 e. The fraction of sp³-hybridized carbons (Fsp3) is 0.318. The summed E-state index contributed by atoms with van der Waals surface area (Å²) in [6.07, 6.45) is 10.1. The van der Waals surface area contributed by atoms with E-state index in [1.54, 1.807) is 36.5 Å². The van der Waals surface area contributed by atoms with Crippen molar-refractivity contribution in [2.75, 3.05) is 22.5 Å². The SMILES string of the molecule is CC(=O)Nc1ccc(NC(=O)c2ccc(NCCC3=CCCCC3)cn2)cc1. The van der Waals surface area contributed by atoms with Crippen molar-refractivity contribution >= 4 is 28.9 Å². The highest BCUT2D eigenvalue weighted by atomic mass is 16.2. The molecule has 0 saturated heterocycles. The van der Waals surface area contributed by atoms with Crippen molar-refractivity contribution in [1.82, 2.24) is 4.98 Å². The van der Waals surface area contributed by atoms with Crippen molar-refractivity contribution in [1.29, 1.82) is 0 Å². The lowest BCUT2D eigenvalue weighted by molar-refractivity contribution is -0.114. The Morgan fingerprint density at radius 2 is 1.68 bits per heavy atom. The number of rotatable bonds is 7. The van der Waals surface area contributed by atoms with Crippen molar-refractivity contribution in [3.05, 3.63) is 59.9 Å². The van der Waals surface area contributed by atoms with Gasteiger partial charge in [-0.15, -0.1) is 0 Å². The number of amides is 2. The first-order chi connectivity index (χ1) is 13.6. The van der Waals surface area contributed by atoms with Crippen LogP contribution in [-0.2, 0) is 4.79 Å². The van der Waals surface area contributed by atoms with Gasteiger partial charge in [-0.05, 0) is 68.5 Å². The molecule has 1 aromatic heterocycles. The topological polar surface area (TPSA) is 83.1 Å². The maximum absolute atomic E-state index is 12.3. The van der Waals surface area contributed by atoms with Crippen LogP contribution in [-0.4, -0.2) is 23.3 Å². The molecule has 0 aliphatic heterocycles. The maximum Gasteiger partial charge on any atom is 0.274 e. The summed E-state index contributed by atoms with van der Waals surface area (Å²) in [6, 6.07) is 10.5. The van der Waals surface area contributed by atoms with E-state index >= 15 is 0 Å². The minimum atomic E-state index is -0.272. The molecule has 1 aliphatic rings. The van der Waals surface area contributed by atoms with E-state index in [2.05, 4.69) is 27.0 Å². The summed E-state index contributed by atoms with van der Waals surface area (Å²) in [5.74, 6) is -0.406. The lowest BCUT2D eigenvalue weighted by Crippen LogP contribution is -2.14. The molecule has 28 heavy (non-hydrogen) atoms. The molecular weight excluding hydrogens is 352 g/mol. The molecule has 0 fully saturated rings. The highest BCUT2D eigenvalue weighted by Gasteiger charge is 2.08. The van der Waals surface area contributed by atoms with Crippen molar-refractivity contribution in [3.63, 3.8) is 0 Å². The minimum absolute atomic E-state index is 0.134. The summed E-state index contributed by atoms with van der Waals surface area (Å²) in [5, 5.41) is 8.85. The zero-order valence-corrected chi connectivity index (χ0v) is 16.1. The van der Waals surface area contributed by atoms with Crippen LogP contribution in [0, 0.1) is 0 Å². The number of aromatic nitrogens is 1. The molecule has 0 spiro atoms. The third-order valence-corrected chi connectivity index (χ3v) is 4.62. The van der Waals surface area contributed by atoms with E-state index in [9.17, 15) is 9.59 Å². The Hall–Kier alpha value is -3.15.